The zero-order valence-corrected chi connectivity index (χ0v) is 19.0. The molecule has 4 amide bonds. The number of hydrogen-bond donors (Lipinski definition) is 0. The normalized spacial score (nSPS) is 19.3. The van der Waals surface area contributed by atoms with Crippen molar-refractivity contribution in [2.75, 3.05) is 11.4 Å². The number of anilines is 1. The van der Waals surface area contributed by atoms with Crippen LogP contribution in [0.3, 0.4) is 0 Å². The maximum Gasteiger partial charge on any atom is 0.359 e. The van der Waals surface area contributed by atoms with E-state index >= 15 is 0 Å². The van der Waals surface area contributed by atoms with Gasteiger partial charge in [-0.1, -0.05) is 36.2 Å². The molecule has 2 heterocycles. The predicted molar refractivity (Wildman–Crippen MR) is 126 cm³/mol. The molecule has 0 aromatic heterocycles. The van der Waals surface area contributed by atoms with E-state index in [2.05, 4.69) is 0 Å². The van der Waals surface area contributed by atoms with Crippen molar-refractivity contribution in [2.24, 2.45) is 0 Å². The molecule has 33 heavy (non-hydrogen) atoms. The Balaban J connectivity index is 1.63. The standard InChI is InChI=1S/C25H17Cl2N2O4/c1-2-10-29(24(32)19-9-7-15(27)12-21(19)25(29)33)17-5-3-4-16(13-17)28-22(30)18-8-6-14(26)11-20(18)23(28)31/h3-9,11-13H,2,10H2,1H3/q+1. The highest BCUT2D eigenvalue weighted by Gasteiger charge is 2.55. The SMILES string of the molecule is CCC[N+]1(c2cccc(N3C(=O)c4ccc(Cl)cc4C3=O)c2)C(=O)c2ccc(Cl)cc2C1=O. The number of hydrogen-bond acceptors (Lipinski definition) is 4. The molecule has 6 nitrogen and oxygen atoms in total. The van der Waals surface area contributed by atoms with Gasteiger partial charge in [0.1, 0.15) is 0 Å². The van der Waals surface area contributed by atoms with E-state index < -0.39 is 16.3 Å². The molecule has 0 fully saturated rings. The highest BCUT2D eigenvalue weighted by atomic mass is 35.5. The van der Waals surface area contributed by atoms with Gasteiger partial charge < -0.3 is 0 Å². The second-order valence-corrected chi connectivity index (χ2v) is 8.86. The quantitative estimate of drug-likeness (QED) is 0.365. The van der Waals surface area contributed by atoms with Crippen LogP contribution >= 0.6 is 23.2 Å². The zero-order valence-electron chi connectivity index (χ0n) is 17.5. The van der Waals surface area contributed by atoms with Crippen molar-refractivity contribution in [1.82, 2.24) is 4.48 Å². The van der Waals surface area contributed by atoms with Crippen LogP contribution in [0.15, 0.2) is 60.7 Å². The number of benzene rings is 3. The average Bonchev–Trinajstić information content (AvgIpc) is 3.17. The molecule has 0 saturated carbocycles. The first kappa shape index (κ1) is 21.5. The van der Waals surface area contributed by atoms with E-state index in [-0.39, 0.29) is 40.7 Å². The smallest absolute Gasteiger partial charge is 0.268 e. The number of rotatable bonds is 4. The fraction of sp³-hybridized carbons (Fsp3) is 0.120. The Labute approximate surface area is 199 Å². The lowest BCUT2D eigenvalue weighted by Gasteiger charge is -2.28. The third-order valence-electron chi connectivity index (χ3n) is 6.07. The molecule has 0 bridgehead atoms. The van der Waals surface area contributed by atoms with Crippen LogP contribution < -0.4 is 9.38 Å². The van der Waals surface area contributed by atoms with Crippen LogP contribution in [0.1, 0.15) is 54.8 Å². The van der Waals surface area contributed by atoms with Crippen LogP contribution in [0.5, 0.6) is 0 Å². The number of amides is 4. The minimum Gasteiger partial charge on any atom is -0.268 e. The van der Waals surface area contributed by atoms with Gasteiger partial charge in [0.2, 0.25) is 0 Å². The highest BCUT2D eigenvalue weighted by molar-refractivity contribution is 6.37. The second-order valence-electron chi connectivity index (χ2n) is 7.99. The number of fused-ring (bicyclic) bond motifs is 2. The Hall–Kier alpha value is -3.32. The summed E-state index contributed by atoms with van der Waals surface area (Å²) in [5.74, 6) is -1.74. The molecule has 2 aliphatic heterocycles. The van der Waals surface area contributed by atoms with Gasteiger partial charge in [0, 0.05) is 22.2 Å². The number of halogens is 2. The molecule has 8 heteroatoms. The van der Waals surface area contributed by atoms with Gasteiger partial charge in [0.05, 0.1) is 34.5 Å². The molecule has 0 radical (unpaired) electrons. The van der Waals surface area contributed by atoms with Gasteiger partial charge in [-0.3, -0.25) is 9.59 Å². The maximum absolute atomic E-state index is 13.6. The minimum atomic E-state index is -0.561. The van der Waals surface area contributed by atoms with E-state index in [1.54, 1.807) is 42.5 Å². The van der Waals surface area contributed by atoms with Crippen molar-refractivity contribution < 1.29 is 19.2 Å². The summed E-state index contributed by atoms with van der Waals surface area (Å²) in [7, 11) is 0. The third kappa shape index (κ3) is 2.99. The van der Waals surface area contributed by atoms with Gasteiger partial charge in [-0.15, -0.1) is 0 Å². The van der Waals surface area contributed by atoms with E-state index in [1.807, 2.05) is 6.92 Å². The number of imide groups is 2. The van der Waals surface area contributed by atoms with E-state index in [9.17, 15) is 19.2 Å². The molecule has 0 saturated heterocycles. The topological polar surface area (TPSA) is 71.5 Å². The Morgan fingerprint density at radius 1 is 0.727 bits per heavy atom. The average molecular weight is 480 g/mol. The summed E-state index contributed by atoms with van der Waals surface area (Å²) >= 11 is 12.1. The Morgan fingerprint density at radius 2 is 1.33 bits per heavy atom. The Kier molecular flexibility index (Phi) is 4.97. The van der Waals surface area contributed by atoms with Crippen LogP contribution in [0.2, 0.25) is 10.0 Å². The van der Waals surface area contributed by atoms with Crippen LogP contribution in [-0.2, 0) is 0 Å². The minimum absolute atomic E-state index is 0.214. The fourth-order valence-corrected chi connectivity index (χ4v) is 4.95. The van der Waals surface area contributed by atoms with Gasteiger partial charge in [-0.05, 0) is 48.9 Å². The zero-order chi connectivity index (χ0) is 23.5. The van der Waals surface area contributed by atoms with E-state index in [1.165, 1.54) is 18.2 Å². The Morgan fingerprint density at radius 3 is 2.03 bits per heavy atom. The number of quaternary nitrogens is 1. The number of carbonyl (C=O) groups excluding carboxylic acids is 4. The van der Waals surface area contributed by atoms with E-state index in [4.69, 9.17) is 23.2 Å². The molecule has 2 aliphatic rings. The van der Waals surface area contributed by atoms with Crippen LogP contribution in [0.4, 0.5) is 11.4 Å². The molecule has 0 aliphatic carbocycles. The molecular weight excluding hydrogens is 463 g/mol. The van der Waals surface area contributed by atoms with E-state index in [0.29, 0.717) is 27.7 Å². The first-order valence-corrected chi connectivity index (χ1v) is 11.1. The monoisotopic (exact) mass is 479 g/mol. The van der Waals surface area contributed by atoms with Crippen LogP contribution in [0, 0.1) is 0 Å². The molecule has 3 aromatic rings. The molecule has 5 rings (SSSR count). The molecular formula is C25H17Cl2N2O4+. The third-order valence-corrected chi connectivity index (χ3v) is 6.54. The predicted octanol–water partition coefficient (Wildman–Crippen LogP) is 5.51. The van der Waals surface area contributed by atoms with Crippen molar-refractivity contribution in [3.63, 3.8) is 0 Å². The van der Waals surface area contributed by atoms with Gasteiger partial charge >= 0.3 is 11.8 Å². The first-order valence-electron chi connectivity index (χ1n) is 10.4. The van der Waals surface area contributed by atoms with Crippen LogP contribution in [0.25, 0.3) is 0 Å². The summed E-state index contributed by atoms with van der Waals surface area (Å²) in [4.78, 5) is 54.2. The number of carbonyl (C=O) groups is 4. The molecule has 164 valence electrons. The summed E-state index contributed by atoms with van der Waals surface area (Å²) in [5, 5.41) is 0.715. The fourth-order valence-electron chi connectivity index (χ4n) is 4.60. The molecule has 0 N–H and O–H groups in total. The highest BCUT2D eigenvalue weighted by Crippen LogP contribution is 2.40. The molecule has 1 atom stereocenters. The summed E-state index contributed by atoms with van der Waals surface area (Å²) in [5.41, 5.74) is 1.69. The van der Waals surface area contributed by atoms with Crippen molar-refractivity contribution in [3.8, 4) is 0 Å². The summed E-state index contributed by atoms with van der Waals surface area (Å²) in [6, 6.07) is 15.6. The van der Waals surface area contributed by atoms with Gasteiger partial charge in [-0.2, -0.15) is 4.48 Å². The lowest BCUT2D eigenvalue weighted by Crippen LogP contribution is -2.54. The Bertz CT molecular complexity index is 1400. The summed E-state index contributed by atoms with van der Waals surface area (Å²) < 4.78 is -0.561. The lowest BCUT2D eigenvalue weighted by atomic mass is 10.1. The lowest BCUT2D eigenvalue weighted by molar-refractivity contribution is 0.0660. The molecule has 1 unspecified atom stereocenters. The van der Waals surface area contributed by atoms with Crippen molar-refractivity contribution in [3.05, 3.63) is 93.0 Å². The van der Waals surface area contributed by atoms with Gasteiger partial charge in [0.15, 0.2) is 5.69 Å². The van der Waals surface area contributed by atoms with E-state index in [0.717, 1.165) is 4.90 Å². The van der Waals surface area contributed by atoms with Crippen molar-refractivity contribution >= 4 is 58.2 Å². The van der Waals surface area contributed by atoms with Gasteiger partial charge in [0.25, 0.3) is 11.8 Å². The van der Waals surface area contributed by atoms with Crippen molar-refractivity contribution in [2.45, 2.75) is 13.3 Å². The van der Waals surface area contributed by atoms with Crippen molar-refractivity contribution in [1.29, 1.82) is 0 Å². The molecule has 0 spiro atoms. The second kappa shape index (κ2) is 7.63. The molecule has 3 aromatic carbocycles. The number of nitrogens with zero attached hydrogens (tertiary/aromatic N) is 2. The summed E-state index contributed by atoms with van der Waals surface area (Å²) in [6.45, 7) is 2.11. The van der Waals surface area contributed by atoms with Crippen LogP contribution in [-0.4, -0.2) is 30.2 Å². The maximum atomic E-state index is 13.6. The largest absolute Gasteiger partial charge is 0.359 e. The summed E-state index contributed by atoms with van der Waals surface area (Å²) in [6.07, 6.45) is 0.551. The van der Waals surface area contributed by atoms with Gasteiger partial charge in [-0.25, -0.2) is 14.5 Å². The first-order chi connectivity index (χ1) is 15.8.